The topological polar surface area (TPSA) is 81.5 Å². The van der Waals surface area contributed by atoms with Gasteiger partial charge in [-0.1, -0.05) is 30.3 Å². The molecule has 7 nitrogen and oxygen atoms in total. The molecule has 1 fully saturated rings. The average molecular weight is 417 g/mol. The van der Waals surface area contributed by atoms with Crippen molar-refractivity contribution in [2.24, 2.45) is 0 Å². The number of hydrogen-bond acceptors (Lipinski definition) is 5. The van der Waals surface area contributed by atoms with Gasteiger partial charge in [0.2, 0.25) is 11.1 Å². The van der Waals surface area contributed by atoms with Crippen LogP contribution in [0.3, 0.4) is 0 Å². The van der Waals surface area contributed by atoms with Gasteiger partial charge in [0.15, 0.2) is 0 Å². The van der Waals surface area contributed by atoms with Crippen LogP contribution in [0.15, 0.2) is 65.5 Å². The number of aryl methyl sites for hydroxylation is 1. The number of ether oxygens (including phenoxy) is 1. The van der Waals surface area contributed by atoms with Gasteiger partial charge in [-0.25, -0.2) is 9.48 Å². The van der Waals surface area contributed by atoms with Gasteiger partial charge in [-0.2, -0.15) is 5.10 Å². The average Bonchev–Trinajstić information content (AvgIpc) is 3.33. The first-order chi connectivity index (χ1) is 15.0. The molecule has 0 spiro atoms. The number of hydrogen-bond donors (Lipinski definition) is 0. The summed E-state index contributed by atoms with van der Waals surface area (Å²) in [5.41, 5.74) is 1.94. The van der Waals surface area contributed by atoms with E-state index in [2.05, 4.69) is 5.10 Å². The lowest BCUT2D eigenvalue weighted by Crippen LogP contribution is -2.27. The molecule has 0 unspecified atom stereocenters. The van der Waals surface area contributed by atoms with Crippen LogP contribution in [-0.2, 0) is 11.3 Å². The van der Waals surface area contributed by atoms with Gasteiger partial charge in [0.05, 0.1) is 5.69 Å². The smallest absolute Gasteiger partial charge is 0.363 e. The van der Waals surface area contributed by atoms with Gasteiger partial charge in [-0.05, 0) is 49.6 Å². The molecule has 4 rings (SSSR count). The third-order valence-corrected chi connectivity index (χ3v) is 5.27. The minimum Gasteiger partial charge on any atom is -0.456 e. The van der Waals surface area contributed by atoms with E-state index in [0.29, 0.717) is 11.3 Å². The zero-order valence-corrected chi connectivity index (χ0v) is 17.3. The highest BCUT2D eigenvalue weighted by Crippen LogP contribution is 2.14. The fourth-order valence-corrected chi connectivity index (χ4v) is 3.58. The largest absolute Gasteiger partial charge is 0.456 e. The van der Waals surface area contributed by atoms with Crippen molar-refractivity contribution < 1.29 is 14.3 Å². The molecule has 1 amide bonds. The third kappa shape index (κ3) is 4.55. The maximum Gasteiger partial charge on any atom is 0.363 e. The first-order valence-corrected chi connectivity index (χ1v) is 10.2. The number of likely N-dealkylation sites (tertiary alicyclic amines) is 1. The molecular formula is C24H23N3O4. The van der Waals surface area contributed by atoms with E-state index in [9.17, 15) is 14.4 Å². The molecule has 31 heavy (non-hydrogen) atoms. The number of esters is 1. The zero-order valence-electron chi connectivity index (χ0n) is 17.3. The van der Waals surface area contributed by atoms with Crippen molar-refractivity contribution in [3.05, 3.63) is 93.4 Å². The fraction of sp³-hybridized carbons (Fsp3) is 0.250. The molecule has 1 aliphatic heterocycles. The first kappa shape index (κ1) is 20.5. The van der Waals surface area contributed by atoms with Crippen LogP contribution in [0.1, 0.15) is 44.9 Å². The quantitative estimate of drug-likeness (QED) is 0.596. The van der Waals surface area contributed by atoms with Gasteiger partial charge in [0, 0.05) is 30.4 Å². The molecule has 1 aliphatic rings. The second kappa shape index (κ2) is 8.95. The van der Waals surface area contributed by atoms with Crippen molar-refractivity contribution in [1.82, 2.24) is 14.7 Å². The van der Waals surface area contributed by atoms with Gasteiger partial charge in [0.1, 0.15) is 6.61 Å². The van der Waals surface area contributed by atoms with Gasteiger partial charge < -0.3 is 9.64 Å². The SMILES string of the molecule is Cc1cc(=O)c(C(=O)OCc2ccc(C(=O)N3CCCC3)cc2)nn1-c1ccccc1. The summed E-state index contributed by atoms with van der Waals surface area (Å²) in [7, 11) is 0. The summed E-state index contributed by atoms with van der Waals surface area (Å²) < 4.78 is 6.85. The Morgan fingerprint density at radius 1 is 1.00 bits per heavy atom. The molecule has 1 aromatic heterocycles. The molecular weight excluding hydrogens is 394 g/mol. The van der Waals surface area contributed by atoms with E-state index in [4.69, 9.17) is 4.74 Å². The Hall–Kier alpha value is -3.74. The van der Waals surface area contributed by atoms with Crippen LogP contribution in [0.2, 0.25) is 0 Å². The number of rotatable bonds is 5. The van der Waals surface area contributed by atoms with Crippen LogP contribution in [0.4, 0.5) is 0 Å². The second-order valence-corrected chi connectivity index (χ2v) is 7.52. The molecule has 158 valence electrons. The van der Waals surface area contributed by atoms with Crippen molar-refractivity contribution in [1.29, 1.82) is 0 Å². The Morgan fingerprint density at radius 3 is 2.35 bits per heavy atom. The van der Waals surface area contributed by atoms with Crippen molar-refractivity contribution in [2.45, 2.75) is 26.4 Å². The maximum atomic E-state index is 12.5. The molecule has 1 saturated heterocycles. The normalized spacial score (nSPS) is 13.3. The molecule has 0 N–H and O–H groups in total. The monoisotopic (exact) mass is 417 g/mol. The lowest BCUT2D eigenvalue weighted by Gasteiger charge is -2.15. The number of aromatic nitrogens is 2. The number of benzene rings is 2. The number of carbonyl (C=O) groups is 2. The van der Waals surface area contributed by atoms with Crippen LogP contribution in [0, 0.1) is 6.92 Å². The van der Waals surface area contributed by atoms with Crippen LogP contribution in [0.5, 0.6) is 0 Å². The predicted molar refractivity (Wildman–Crippen MR) is 115 cm³/mol. The summed E-state index contributed by atoms with van der Waals surface area (Å²) >= 11 is 0. The van der Waals surface area contributed by atoms with Crippen molar-refractivity contribution in [3.63, 3.8) is 0 Å². The molecule has 7 heteroatoms. The van der Waals surface area contributed by atoms with E-state index in [0.717, 1.165) is 37.2 Å². The van der Waals surface area contributed by atoms with Crippen LogP contribution in [-0.4, -0.2) is 39.6 Å². The number of nitrogens with zero attached hydrogens (tertiary/aromatic N) is 3. The molecule has 0 aliphatic carbocycles. The summed E-state index contributed by atoms with van der Waals surface area (Å²) in [4.78, 5) is 39.1. The molecule has 2 aromatic carbocycles. The molecule has 3 aromatic rings. The standard InChI is InChI=1S/C24H23N3O4/c1-17-15-21(28)22(25-27(17)20-7-3-2-4-8-20)24(30)31-16-18-9-11-19(12-10-18)23(29)26-13-5-6-14-26/h2-4,7-12,15H,5-6,13-14,16H2,1H3. The highest BCUT2D eigenvalue weighted by Gasteiger charge is 2.20. The highest BCUT2D eigenvalue weighted by molar-refractivity contribution is 5.94. The van der Waals surface area contributed by atoms with E-state index in [1.807, 2.05) is 35.2 Å². The van der Waals surface area contributed by atoms with Crippen molar-refractivity contribution in [2.75, 3.05) is 13.1 Å². The summed E-state index contributed by atoms with van der Waals surface area (Å²) in [5.74, 6) is -0.765. The lowest BCUT2D eigenvalue weighted by atomic mass is 10.1. The van der Waals surface area contributed by atoms with Crippen LogP contribution >= 0.6 is 0 Å². The van der Waals surface area contributed by atoms with E-state index in [1.54, 1.807) is 31.2 Å². The summed E-state index contributed by atoms with van der Waals surface area (Å²) in [6.07, 6.45) is 2.08. The zero-order chi connectivity index (χ0) is 21.8. The Bertz CT molecular complexity index is 1150. The highest BCUT2D eigenvalue weighted by atomic mass is 16.5. The second-order valence-electron chi connectivity index (χ2n) is 7.52. The minimum atomic E-state index is -0.785. The van der Waals surface area contributed by atoms with E-state index >= 15 is 0 Å². The minimum absolute atomic E-state index is 0.0165. The van der Waals surface area contributed by atoms with Crippen molar-refractivity contribution in [3.8, 4) is 5.69 Å². The summed E-state index contributed by atoms with van der Waals surface area (Å²) in [6, 6.07) is 17.6. The van der Waals surface area contributed by atoms with E-state index in [1.165, 1.54) is 10.7 Å². The van der Waals surface area contributed by atoms with Crippen LogP contribution in [0.25, 0.3) is 5.69 Å². The maximum absolute atomic E-state index is 12.5. The number of carbonyl (C=O) groups excluding carboxylic acids is 2. The Labute approximate surface area is 179 Å². The predicted octanol–water partition coefficient (Wildman–Crippen LogP) is 3.13. The Morgan fingerprint density at radius 2 is 1.68 bits per heavy atom. The molecule has 0 radical (unpaired) electrons. The van der Waals surface area contributed by atoms with Gasteiger partial charge in [-0.15, -0.1) is 0 Å². The molecule has 2 heterocycles. The van der Waals surface area contributed by atoms with Gasteiger partial charge >= 0.3 is 5.97 Å². The van der Waals surface area contributed by atoms with Gasteiger partial charge in [0.25, 0.3) is 5.91 Å². The Balaban J connectivity index is 1.45. The Kier molecular flexibility index (Phi) is 5.93. The number of amides is 1. The molecule has 0 atom stereocenters. The molecule has 0 saturated carbocycles. The van der Waals surface area contributed by atoms with Crippen LogP contribution < -0.4 is 5.43 Å². The summed E-state index contributed by atoms with van der Waals surface area (Å²) in [5, 5.41) is 4.22. The summed E-state index contributed by atoms with van der Waals surface area (Å²) in [6.45, 7) is 3.32. The van der Waals surface area contributed by atoms with E-state index in [-0.39, 0.29) is 18.2 Å². The first-order valence-electron chi connectivity index (χ1n) is 10.2. The number of para-hydroxylation sites is 1. The third-order valence-electron chi connectivity index (χ3n) is 5.27. The van der Waals surface area contributed by atoms with Gasteiger partial charge in [-0.3, -0.25) is 9.59 Å². The van der Waals surface area contributed by atoms with E-state index < -0.39 is 11.4 Å². The lowest BCUT2D eigenvalue weighted by molar-refractivity contribution is 0.0461. The van der Waals surface area contributed by atoms with Crippen molar-refractivity contribution >= 4 is 11.9 Å². The fourth-order valence-electron chi connectivity index (χ4n) is 3.58. The molecule has 0 bridgehead atoms.